The van der Waals surface area contributed by atoms with Crippen LogP contribution in [0, 0.1) is 5.41 Å². The molecule has 0 saturated heterocycles. The number of hydrogen-bond donors (Lipinski definition) is 2. The highest BCUT2D eigenvalue weighted by atomic mass is 32.1. The predicted octanol–water partition coefficient (Wildman–Crippen LogP) is 2.49. The van der Waals surface area contributed by atoms with E-state index in [2.05, 4.69) is 5.32 Å². The van der Waals surface area contributed by atoms with E-state index in [-0.39, 0.29) is 17.9 Å². The van der Waals surface area contributed by atoms with Crippen LogP contribution in [-0.2, 0) is 9.53 Å². The molecule has 0 aliphatic heterocycles. The van der Waals surface area contributed by atoms with Gasteiger partial charge in [0.1, 0.15) is 0 Å². The van der Waals surface area contributed by atoms with Crippen molar-refractivity contribution in [1.29, 1.82) is 0 Å². The van der Waals surface area contributed by atoms with Gasteiger partial charge in [-0.15, -0.1) is 0 Å². The molecule has 1 aromatic heterocycles. The van der Waals surface area contributed by atoms with E-state index in [0.717, 1.165) is 37.7 Å². The molecular weight excluding hydrogens is 274 g/mol. The molecule has 5 heteroatoms. The molecule has 1 unspecified atom stereocenters. The number of aliphatic hydroxyl groups is 1. The molecule has 1 atom stereocenters. The summed E-state index contributed by atoms with van der Waals surface area (Å²) in [7, 11) is 1.67. The molecule has 1 aromatic rings. The summed E-state index contributed by atoms with van der Waals surface area (Å²) in [6.07, 6.45) is 4.21. The van der Waals surface area contributed by atoms with Gasteiger partial charge in [0.2, 0.25) is 5.91 Å². The molecular formula is C15H23NO3S. The molecule has 0 bridgehead atoms. The van der Waals surface area contributed by atoms with Gasteiger partial charge in [-0.25, -0.2) is 0 Å². The maximum atomic E-state index is 12.5. The number of nitrogens with one attached hydrogen (secondary N) is 1. The van der Waals surface area contributed by atoms with Crippen molar-refractivity contribution < 1.29 is 14.6 Å². The molecule has 1 amide bonds. The first kappa shape index (κ1) is 15.5. The standard InChI is InChI=1S/C15H23NO3S/c1-19-8-7-15(5-2-3-6-15)14(18)16-10-13(17)12-4-9-20-11-12/h4,9,11,13,17H,2-3,5-8,10H2,1H3,(H,16,18). The molecule has 1 aliphatic rings. The van der Waals surface area contributed by atoms with Gasteiger partial charge in [0.05, 0.1) is 11.5 Å². The summed E-state index contributed by atoms with van der Waals surface area (Å²) >= 11 is 1.55. The Balaban J connectivity index is 1.88. The number of methoxy groups -OCH3 is 1. The quantitative estimate of drug-likeness (QED) is 0.813. The Morgan fingerprint density at radius 3 is 2.90 bits per heavy atom. The molecule has 1 saturated carbocycles. The Hall–Kier alpha value is -0.910. The van der Waals surface area contributed by atoms with Crippen molar-refractivity contribution in [1.82, 2.24) is 5.32 Å². The van der Waals surface area contributed by atoms with Gasteiger partial charge in [-0.3, -0.25) is 4.79 Å². The van der Waals surface area contributed by atoms with E-state index in [1.807, 2.05) is 16.8 Å². The summed E-state index contributed by atoms with van der Waals surface area (Å²) < 4.78 is 5.14. The van der Waals surface area contributed by atoms with Gasteiger partial charge in [-0.2, -0.15) is 11.3 Å². The van der Waals surface area contributed by atoms with Gasteiger partial charge in [-0.1, -0.05) is 12.8 Å². The fourth-order valence-corrected chi connectivity index (χ4v) is 3.61. The SMILES string of the molecule is COCCC1(C(=O)NCC(O)c2ccsc2)CCCC1. The number of rotatable bonds is 7. The fraction of sp³-hybridized carbons (Fsp3) is 0.667. The molecule has 0 aromatic carbocycles. The van der Waals surface area contributed by atoms with E-state index < -0.39 is 6.10 Å². The van der Waals surface area contributed by atoms with E-state index >= 15 is 0 Å². The van der Waals surface area contributed by atoms with Crippen molar-refractivity contribution in [3.8, 4) is 0 Å². The second-order valence-electron chi connectivity index (χ2n) is 5.51. The van der Waals surface area contributed by atoms with Crippen molar-refractivity contribution in [2.24, 2.45) is 5.41 Å². The summed E-state index contributed by atoms with van der Waals surface area (Å²) in [5, 5.41) is 16.8. The van der Waals surface area contributed by atoms with Crippen molar-refractivity contribution in [3.63, 3.8) is 0 Å². The molecule has 4 nitrogen and oxygen atoms in total. The number of hydrogen-bond acceptors (Lipinski definition) is 4. The molecule has 112 valence electrons. The molecule has 2 N–H and O–H groups in total. The summed E-state index contributed by atoms with van der Waals surface area (Å²) in [4.78, 5) is 12.5. The van der Waals surface area contributed by atoms with Crippen molar-refractivity contribution >= 4 is 17.2 Å². The van der Waals surface area contributed by atoms with Crippen LogP contribution in [0.3, 0.4) is 0 Å². The van der Waals surface area contributed by atoms with E-state index in [1.165, 1.54) is 0 Å². The Bertz CT molecular complexity index is 413. The third-order valence-corrected chi connectivity index (χ3v) is 4.91. The molecule has 0 spiro atoms. The molecule has 0 radical (unpaired) electrons. The van der Waals surface area contributed by atoms with Crippen LogP contribution in [0.1, 0.15) is 43.8 Å². The van der Waals surface area contributed by atoms with Crippen molar-refractivity contribution in [2.75, 3.05) is 20.3 Å². The third kappa shape index (κ3) is 3.59. The minimum absolute atomic E-state index is 0.0707. The topological polar surface area (TPSA) is 58.6 Å². The maximum absolute atomic E-state index is 12.5. The van der Waals surface area contributed by atoms with Crippen LogP contribution in [0.25, 0.3) is 0 Å². The smallest absolute Gasteiger partial charge is 0.226 e. The minimum atomic E-state index is -0.619. The maximum Gasteiger partial charge on any atom is 0.226 e. The van der Waals surface area contributed by atoms with Crippen LogP contribution in [0.15, 0.2) is 16.8 Å². The minimum Gasteiger partial charge on any atom is -0.387 e. The normalized spacial score (nSPS) is 18.9. The number of ether oxygens (including phenoxy) is 1. The van der Waals surface area contributed by atoms with Gasteiger partial charge in [0.25, 0.3) is 0 Å². The third-order valence-electron chi connectivity index (χ3n) is 4.21. The van der Waals surface area contributed by atoms with E-state index in [0.29, 0.717) is 6.61 Å². The number of amides is 1. The van der Waals surface area contributed by atoms with Crippen LogP contribution in [0.5, 0.6) is 0 Å². The first-order valence-corrected chi connectivity index (χ1v) is 8.10. The zero-order valence-electron chi connectivity index (χ0n) is 11.9. The van der Waals surface area contributed by atoms with E-state index in [9.17, 15) is 9.90 Å². The second kappa shape index (κ2) is 7.20. The highest BCUT2D eigenvalue weighted by Crippen LogP contribution is 2.41. The monoisotopic (exact) mass is 297 g/mol. The zero-order chi connectivity index (χ0) is 14.4. The first-order chi connectivity index (χ1) is 9.68. The average Bonchev–Trinajstić information content (AvgIpc) is 3.13. The van der Waals surface area contributed by atoms with E-state index in [1.54, 1.807) is 18.4 Å². The largest absolute Gasteiger partial charge is 0.387 e. The average molecular weight is 297 g/mol. The first-order valence-electron chi connectivity index (χ1n) is 7.15. The molecule has 1 heterocycles. The van der Waals surface area contributed by atoms with Crippen molar-refractivity contribution in [2.45, 2.75) is 38.2 Å². The number of carbonyl (C=O) groups excluding carboxylic acids is 1. The van der Waals surface area contributed by atoms with Crippen molar-refractivity contribution in [3.05, 3.63) is 22.4 Å². The Kier molecular flexibility index (Phi) is 5.57. The Morgan fingerprint density at radius 2 is 2.30 bits per heavy atom. The zero-order valence-corrected chi connectivity index (χ0v) is 12.7. The van der Waals surface area contributed by atoms with Crippen LogP contribution in [0.2, 0.25) is 0 Å². The predicted molar refractivity (Wildman–Crippen MR) is 79.7 cm³/mol. The van der Waals surface area contributed by atoms with Crippen LogP contribution < -0.4 is 5.32 Å². The Morgan fingerprint density at radius 1 is 1.55 bits per heavy atom. The highest BCUT2D eigenvalue weighted by Gasteiger charge is 2.40. The van der Waals surface area contributed by atoms with Crippen LogP contribution >= 0.6 is 11.3 Å². The number of aliphatic hydroxyl groups excluding tert-OH is 1. The van der Waals surface area contributed by atoms with Crippen LogP contribution in [-0.4, -0.2) is 31.3 Å². The van der Waals surface area contributed by atoms with Gasteiger partial charge in [0, 0.05) is 20.3 Å². The van der Waals surface area contributed by atoms with E-state index in [4.69, 9.17) is 4.74 Å². The highest BCUT2D eigenvalue weighted by molar-refractivity contribution is 7.07. The lowest BCUT2D eigenvalue weighted by Crippen LogP contribution is -2.41. The lowest BCUT2D eigenvalue weighted by Gasteiger charge is -2.28. The lowest BCUT2D eigenvalue weighted by molar-refractivity contribution is -0.132. The number of carbonyl (C=O) groups is 1. The second-order valence-corrected chi connectivity index (χ2v) is 6.29. The molecule has 1 aliphatic carbocycles. The molecule has 2 rings (SSSR count). The Labute approximate surface area is 124 Å². The fourth-order valence-electron chi connectivity index (χ4n) is 2.90. The molecule has 1 fully saturated rings. The van der Waals surface area contributed by atoms with Gasteiger partial charge < -0.3 is 15.2 Å². The van der Waals surface area contributed by atoms with Gasteiger partial charge in [0.15, 0.2) is 0 Å². The molecule has 20 heavy (non-hydrogen) atoms. The summed E-state index contributed by atoms with van der Waals surface area (Å²) in [5.74, 6) is 0.0707. The van der Waals surface area contributed by atoms with Crippen LogP contribution in [0.4, 0.5) is 0 Å². The summed E-state index contributed by atoms with van der Waals surface area (Å²) in [5.41, 5.74) is 0.581. The number of thiophene rings is 1. The van der Waals surface area contributed by atoms with Gasteiger partial charge >= 0.3 is 0 Å². The van der Waals surface area contributed by atoms with Gasteiger partial charge in [-0.05, 0) is 41.7 Å². The summed E-state index contributed by atoms with van der Waals surface area (Å²) in [6, 6.07) is 1.89. The summed E-state index contributed by atoms with van der Waals surface area (Å²) in [6.45, 7) is 0.894. The lowest BCUT2D eigenvalue weighted by atomic mass is 9.82.